The number of fused-ring (bicyclic) bond motifs is 1. The monoisotopic (exact) mass is 163 g/mol. The lowest BCUT2D eigenvalue weighted by atomic mass is 9.98. The molecule has 0 aliphatic carbocycles. The van der Waals surface area contributed by atoms with E-state index in [9.17, 15) is 0 Å². The zero-order valence-corrected chi connectivity index (χ0v) is 6.90. The lowest BCUT2D eigenvalue weighted by Gasteiger charge is -2.30. The SMILES string of the molecule is N[C@H]1c2ccccc2CCN1N. The first-order valence-corrected chi connectivity index (χ1v) is 4.14. The van der Waals surface area contributed by atoms with Crippen LogP contribution in [0.4, 0.5) is 0 Å². The average Bonchev–Trinajstić information content (AvgIpc) is 2.12. The molecule has 0 fully saturated rings. The van der Waals surface area contributed by atoms with E-state index in [0.29, 0.717) is 0 Å². The number of benzene rings is 1. The van der Waals surface area contributed by atoms with Gasteiger partial charge in [-0.25, -0.2) is 5.01 Å². The smallest absolute Gasteiger partial charge is 0.0967 e. The zero-order chi connectivity index (χ0) is 8.55. The summed E-state index contributed by atoms with van der Waals surface area (Å²) in [5, 5.41) is 1.68. The van der Waals surface area contributed by atoms with E-state index in [0.717, 1.165) is 18.5 Å². The molecule has 0 unspecified atom stereocenters. The minimum atomic E-state index is -0.130. The molecule has 0 amide bonds. The van der Waals surface area contributed by atoms with Crippen molar-refractivity contribution < 1.29 is 0 Å². The van der Waals surface area contributed by atoms with Crippen molar-refractivity contribution in [2.24, 2.45) is 11.6 Å². The highest BCUT2D eigenvalue weighted by atomic mass is 15.4. The third kappa shape index (κ3) is 1.12. The molecule has 1 aliphatic heterocycles. The average molecular weight is 163 g/mol. The minimum Gasteiger partial charge on any atom is -0.311 e. The van der Waals surface area contributed by atoms with Gasteiger partial charge in [-0.1, -0.05) is 24.3 Å². The highest BCUT2D eigenvalue weighted by Gasteiger charge is 2.20. The summed E-state index contributed by atoms with van der Waals surface area (Å²) >= 11 is 0. The highest BCUT2D eigenvalue weighted by molar-refractivity contribution is 5.31. The Morgan fingerprint density at radius 1 is 1.33 bits per heavy atom. The molecule has 3 nitrogen and oxygen atoms in total. The van der Waals surface area contributed by atoms with E-state index in [-0.39, 0.29) is 6.17 Å². The minimum absolute atomic E-state index is 0.130. The van der Waals surface area contributed by atoms with Crippen molar-refractivity contribution in [2.45, 2.75) is 12.6 Å². The Hall–Kier alpha value is -0.900. The zero-order valence-electron chi connectivity index (χ0n) is 6.90. The van der Waals surface area contributed by atoms with Gasteiger partial charge in [0.05, 0.1) is 6.17 Å². The van der Waals surface area contributed by atoms with Crippen LogP contribution >= 0.6 is 0 Å². The van der Waals surface area contributed by atoms with Gasteiger partial charge in [-0.15, -0.1) is 0 Å². The summed E-state index contributed by atoms with van der Waals surface area (Å²) in [4.78, 5) is 0. The molecule has 0 saturated heterocycles. The standard InChI is InChI=1S/C9H13N3/c10-9-8-4-2-1-3-7(8)5-6-12(9)11/h1-4,9H,5-6,10-11H2/t9-/m1/s1. The fourth-order valence-electron chi connectivity index (χ4n) is 1.62. The summed E-state index contributed by atoms with van der Waals surface area (Å²) < 4.78 is 0. The van der Waals surface area contributed by atoms with Gasteiger partial charge in [0, 0.05) is 6.54 Å². The van der Waals surface area contributed by atoms with Crippen LogP contribution in [-0.4, -0.2) is 11.6 Å². The van der Waals surface area contributed by atoms with Crippen molar-refractivity contribution in [1.82, 2.24) is 5.01 Å². The van der Waals surface area contributed by atoms with Gasteiger partial charge in [0.1, 0.15) is 0 Å². The lowest BCUT2D eigenvalue weighted by molar-refractivity contribution is 0.194. The van der Waals surface area contributed by atoms with Crippen LogP contribution in [0.5, 0.6) is 0 Å². The molecule has 0 spiro atoms. The number of rotatable bonds is 0. The van der Waals surface area contributed by atoms with Gasteiger partial charge in [-0.05, 0) is 17.5 Å². The fourth-order valence-corrected chi connectivity index (χ4v) is 1.62. The quantitative estimate of drug-likeness (QED) is 0.543. The van der Waals surface area contributed by atoms with Crippen molar-refractivity contribution in [3.8, 4) is 0 Å². The van der Waals surface area contributed by atoms with Crippen LogP contribution in [0.3, 0.4) is 0 Å². The number of nitrogens with zero attached hydrogens (tertiary/aromatic N) is 1. The van der Waals surface area contributed by atoms with Gasteiger partial charge >= 0.3 is 0 Å². The largest absolute Gasteiger partial charge is 0.311 e. The molecule has 1 heterocycles. The summed E-state index contributed by atoms with van der Waals surface area (Å²) in [6, 6.07) is 8.19. The van der Waals surface area contributed by atoms with Crippen LogP contribution in [0.15, 0.2) is 24.3 Å². The molecular formula is C9H13N3. The number of hydrazine groups is 1. The maximum absolute atomic E-state index is 5.89. The van der Waals surface area contributed by atoms with E-state index in [4.69, 9.17) is 11.6 Å². The van der Waals surface area contributed by atoms with Crippen molar-refractivity contribution in [3.05, 3.63) is 35.4 Å². The third-order valence-corrected chi connectivity index (χ3v) is 2.37. The Morgan fingerprint density at radius 3 is 2.92 bits per heavy atom. The van der Waals surface area contributed by atoms with Crippen molar-refractivity contribution in [1.29, 1.82) is 0 Å². The van der Waals surface area contributed by atoms with Gasteiger partial charge in [-0.3, -0.25) is 5.84 Å². The molecule has 1 aromatic carbocycles. The molecule has 1 aliphatic rings. The molecule has 0 radical (unpaired) electrons. The first-order valence-electron chi connectivity index (χ1n) is 4.14. The van der Waals surface area contributed by atoms with Crippen LogP contribution in [0.25, 0.3) is 0 Å². The number of hydrogen-bond donors (Lipinski definition) is 2. The van der Waals surface area contributed by atoms with E-state index in [2.05, 4.69) is 6.07 Å². The summed E-state index contributed by atoms with van der Waals surface area (Å²) in [5.74, 6) is 5.70. The van der Waals surface area contributed by atoms with Crippen LogP contribution in [0.2, 0.25) is 0 Å². The van der Waals surface area contributed by atoms with E-state index in [1.54, 1.807) is 5.01 Å². The number of hydrogen-bond acceptors (Lipinski definition) is 3. The molecule has 64 valence electrons. The maximum atomic E-state index is 5.89. The van der Waals surface area contributed by atoms with E-state index in [1.165, 1.54) is 5.56 Å². The van der Waals surface area contributed by atoms with Crippen molar-refractivity contribution in [2.75, 3.05) is 6.54 Å². The van der Waals surface area contributed by atoms with Crippen LogP contribution in [0.1, 0.15) is 17.3 Å². The molecule has 2 rings (SSSR count). The van der Waals surface area contributed by atoms with Gasteiger partial charge in [0.2, 0.25) is 0 Å². The second-order valence-corrected chi connectivity index (χ2v) is 3.13. The lowest BCUT2D eigenvalue weighted by Crippen LogP contribution is -2.44. The molecule has 4 N–H and O–H groups in total. The van der Waals surface area contributed by atoms with Crippen molar-refractivity contribution in [3.63, 3.8) is 0 Å². The van der Waals surface area contributed by atoms with E-state index >= 15 is 0 Å². The molecule has 0 bridgehead atoms. The Kier molecular flexibility index (Phi) is 1.84. The summed E-state index contributed by atoms with van der Waals surface area (Å²) in [6.45, 7) is 0.845. The summed E-state index contributed by atoms with van der Waals surface area (Å²) in [6.07, 6.45) is 0.871. The van der Waals surface area contributed by atoms with E-state index in [1.807, 2.05) is 18.2 Å². The van der Waals surface area contributed by atoms with Gasteiger partial charge in [-0.2, -0.15) is 0 Å². The predicted molar refractivity (Wildman–Crippen MR) is 48.0 cm³/mol. The topological polar surface area (TPSA) is 55.3 Å². The second kappa shape index (κ2) is 2.86. The third-order valence-electron chi connectivity index (χ3n) is 2.37. The first-order chi connectivity index (χ1) is 5.79. The fraction of sp³-hybridized carbons (Fsp3) is 0.333. The second-order valence-electron chi connectivity index (χ2n) is 3.13. The predicted octanol–water partition coefficient (Wildman–Crippen LogP) is 0.376. The molecular weight excluding hydrogens is 150 g/mol. The van der Waals surface area contributed by atoms with E-state index < -0.39 is 0 Å². The Morgan fingerprint density at radius 2 is 2.08 bits per heavy atom. The highest BCUT2D eigenvalue weighted by Crippen LogP contribution is 2.22. The molecule has 0 aromatic heterocycles. The van der Waals surface area contributed by atoms with Crippen LogP contribution < -0.4 is 11.6 Å². The molecule has 1 aromatic rings. The molecule has 1 atom stereocenters. The molecule has 0 saturated carbocycles. The normalized spacial score (nSPS) is 23.7. The summed E-state index contributed by atoms with van der Waals surface area (Å²) in [5.41, 5.74) is 8.38. The van der Waals surface area contributed by atoms with Crippen LogP contribution in [-0.2, 0) is 6.42 Å². The summed E-state index contributed by atoms with van der Waals surface area (Å²) in [7, 11) is 0. The van der Waals surface area contributed by atoms with Gasteiger partial charge in [0.25, 0.3) is 0 Å². The van der Waals surface area contributed by atoms with Crippen LogP contribution in [0, 0.1) is 0 Å². The Balaban J connectivity index is 2.42. The maximum Gasteiger partial charge on any atom is 0.0967 e. The van der Waals surface area contributed by atoms with Gasteiger partial charge < -0.3 is 5.73 Å². The van der Waals surface area contributed by atoms with Crippen molar-refractivity contribution >= 4 is 0 Å². The van der Waals surface area contributed by atoms with Gasteiger partial charge in [0.15, 0.2) is 0 Å². The molecule has 12 heavy (non-hydrogen) atoms. The molecule has 3 heteroatoms. The Labute approximate surface area is 71.9 Å². The Bertz CT molecular complexity index is 285. The number of nitrogens with two attached hydrogens (primary N) is 2. The first kappa shape index (κ1) is 7.73.